The summed E-state index contributed by atoms with van der Waals surface area (Å²) in [6, 6.07) is 5.87. The Kier molecular flexibility index (Phi) is 7.69. The van der Waals surface area contributed by atoms with E-state index in [0.717, 1.165) is 18.4 Å². The van der Waals surface area contributed by atoms with Crippen molar-refractivity contribution in [3.8, 4) is 0 Å². The molecule has 1 saturated carbocycles. The van der Waals surface area contributed by atoms with Crippen LogP contribution in [-0.4, -0.2) is 18.1 Å². The van der Waals surface area contributed by atoms with Gasteiger partial charge in [-0.2, -0.15) is 6.42 Å². The van der Waals surface area contributed by atoms with Crippen molar-refractivity contribution < 1.29 is 65.8 Å². The maximum absolute atomic E-state index is 10.5. The van der Waals surface area contributed by atoms with Gasteiger partial charge >= 0.3 is 51.4 Å². The van der Waals surface area contributed by atoms with E-state index in [2.05, 4.69) is 11.4 Å². The summed E-state index contributed by atoms with van der Waals surface area (Å²) in [5.41, 5.74) is 3.04. The fourth-order valence-corrected chi connectivity index (χ4v) is 1.96. The average molecular weight is 309 g/mol. The fourth-order valence-electron chi connectivity index (χ4n) is 1.96. The summed E-state index contributed by atoms with van der Waals surface area (Å²) in [5, 5.41) is 2.15. The maximum Gasteiger partial charge on any atom is 1.00 e. The summed E-state index contributed by atoms with van der Waals surface area (Å²) in [5.74, 6) is 0.968. The van der Waals surface area contributed by atoms with Crippen molar-refractivity contribution in [2.75, 3.05) is 0 Å². The molecule has 21 heavy (non-hydrogen) atoms. The van der Waals surface area contributed by atoms with Crippen LogP contribution in [0.15, 0.2) is 18.2 Å². The first-order valence-corrected chi connectivity index (χ1v) is 6.61. The van der Waals surface area contributed by atoms with Crippen LogP contribution >= 0.6 is 0 Å². The second kappa shape index (κ2) is 8.75. The van der Waals surface area contributed by atoms with E-state index in [0.29, 0.717) is 18.4 Å². The smallest absolute Gasteiger partial charge is 0.391 e. The predicted octanol–water partition coefficient (Wildman–Crippen LogP) is -1.20. The van der Waals surface area contributed by atoms with Crippen LogP contribution in [-0.2, 0) is 14.4 Å². The number of rotatable bonds is 2. The van der Waals surface area contributed by atoms with Crippen molar-refractivity contribution in [2.45, 2.75) is 32.6 Å². The van der Waals surface area contributed by atoms with Crippen LogP contribution in [0.5, 0.6) is 0 Å². The Morgan fingerprint density at radius 2 is 2.00 bits per heavy atom. The summed E-state index contributed by atoms with van der Waals surface area (Å²) < 4.78 is 0. The van der Waals surface area contributed by atoms with Crippen LogP contribution in [0, 0.1) is 19.3 Å². The first-order valence-electron chi connectivity index (χ1n) is 6.61. The summed E-state index contributed by atoms with van der Waals surface area (Å²) >= 11 is 0. The Morgan fingerprint density at radius 3 is 2.48 bits per heavy atom. The molecule has 2 aliphatic rings. The van der Waals surface area contributed by atoms with E-state index in [-0.39, 0.29) is 63.2 Å². The third-order valence-electron chi connectivity index (χ3n) is 3.13. The van der Waals surface area contributed by atoms with Crippen molar-refractivity contribution in [3.63, 3.8) is 0 Å². The van der Waals surface area contributed by atoms with Gasteiger partial charge in [0, 0.05) is 6.42 Å². The zero-order chi connectivity index (χ0) is 14.5. The summed E-state index contributed by atoms with van der Waals surface area (Å²) in [7, 11) is 0. The van der Waals surface area contributed by atoms with Gasteiger partial charge in [0.1, 0.15) is 0 Å². The number of imide groups is 1. The van der Waals surface area contributed by atoms with Gasteiger partial charge < -0.3 is 21.3 Å². The molecule has 1 aliphatic heterocycles. The molecular formula is C16H16KNO3-2. The first-order chi connectivity index (χ1) is 9.60. The minimum absolute atomic E-state index is 0. The largest absolute Gasteiger partial charge is 1.00 e. The standard InChI is InChI=1S/C11H10O.C5H6NO2.K/c1-8-2-3-10(7-12)11(6-8)9-4-5-9;7-4-2-1-3-5(8)6-4;/h2-3,6H,4-5H2,1H3;2H,1,3H2,(H,6,7,8);/q-2;-1;+1. The van der Waals surface area contributed by atoms with Gasteiger partial charge in [-0.1, -0.05) is 19.8 Å². The number of carbonyl (C=O) groups excluding carboxylic acids is 3. The van der Waals surface area contributed by atoms with E-state index in [1.165, 1.54) is 17.9 Å². The quantitative estimate of drug-likeness (QED) is 0.424. The maximum atomic E-state index is 10.5. The van der Waals surface area contributed by atoms with Crippen LogP contribution < -0.4 is 56.7 Å². The number of hydrogen-bond acceptors (Lipinski definition) is 3. The van der Waals surface area contributed by atoms with E-state index < -0.39 is 0 Å². The van der Waals surface area contributed by atoms with E-state index >= 15 is 0 Å². The second-order valence-corrected chi connectivity index (χ2v) is 4.91. The number of amides is 2. The van der Waals surface area contributed by atoms with Gasteiger partial charge in [0.25, 0.3) is 0 Å². The molecule has 1 N–H and O–H groups in total. The van der Waals surface area contributed by atoms with E-state index in [1.54, 1.807) is 0 Å². The molecule has 106 valence electrons. The van der Waals surface area contributed by atoms with Crippen molar-refractivity contribution in [3.05, 3.63) is 47.2 Å². The van der Waals surface area contributed by atoms with Gasteiger partial charge in [-0.15, -0.1) is 11.6 Å². The van der Waals surface area contributed by atoms with E-state index in [9.17, 15) is 14.4 Å². The molecule has 5 heteroatoms. The number of benzene rings is 1. The average Bonchev–Trinajstić information content (AvgIpc) is 3.23. The molecule has 1 aromatic carbocycles. The summed E-state index contributed by atoms with van der Waals surface area (Å²) in [6.45, 7) is 2.04. The van der Waals surface area contributed by atoms with Gasteiger partial charge in [-0.25, -0.2) is 18.1 Å². The molecule has 0 aromatic heterocycles. The van der Waals surface area contributed by atoms with Crippen LogP contribution in [0.4, 0.5) is 0 Å². The Hall–Kier alpha value is -0.594. The van der Waals surface area contributed by atoms with E-state index in [1.807, 2.05) is 25.3 Å². The monoisotopic (exact) mass is 309 g/mol. The molecule has 4 nitrogen and oxygen atoms in total. The number of carbonyl (C=O) groups is 2. The minimum atomic E-state index is -0.263. The molecule has 0 unspecified atom stereocenters. The van der Waals surface area contributed by atoms with Crippen LogP contribution in [0.3, 0.4) is 0 Å². The van der Waals surface area contributed by atoms with Gasteiger partial charge in [-0.05, 0) is 6.29 Å². The van der Waals surface area contributed by atoms with Crippen molar-refractivity contribution in [1.82, 2.24) is 5.32 Å². The number of piperidine rings is 1. The van der Waals surface area contributed by atoms with Crippen molar-refractivity contribution in [1.29, 1.82) is 0 Å². The SMILES string of the molecule is Cc1ccc([C-]=O)c([C-]2CC2)c1.O=C1[CH-]CCC(=O)N1.[K+]. The number of hydrogen-bond donors (Lipinski definition) is 1. The summed E-state index contributed by atoms with van der Waals surface area (Å²) in [6.07, 6.45) is 6.79. The third kappa shape index (κ3) is 5.96. The minimum Gasteiger partial charge on any atom is -0.391 e. The molecule has 2 fully saturated rings. The second-order valence-electron chi connectivity index (χ2n) is 4.91. The normalized spacial score (nSPS) is 15.8. The first kappa shape index (κ1) is 18.5. The van der Waals surface area contributed by atoms with Gasteiger partial charge in [-0.3, -0.25) is 15.9 Å². The molecule has 1 heterocycles. The van der Waals surface area contributed by atoms with Crippen LogP contribution in [0.25, 0.3) is 0 Å². The van der Waals surface area contributed by atoms with Crippen LogP contribution in [0.2, 0.25) is 0 Å². The topological polar surface area (TPSA) is 63.2 Å². The Bertz CT molecular complexity index is 524. The molecule has 1 aromatic rings. The predicted molar refractivity (Wildman–Crippen MR) is 74.2 cm³/mol. The van der Waals surface area contributed by atoms with Crippen molar-refractivity contribution >= 4 is 18.1 Å². The molecule has 3 rings (SSSR count). The Morgan fingerprint density at radius 1 is 1.29 bits per heavy atom. The molecular weight excluding hydrogens is 293 g/mol. The fraction of sp³-hybridized carbons (Fsp3) is 0.312. The van der Waals surface area contributed by atoms with Crippen LogP contribution in [0.1, 0.15) is 42.4 Å². The molecule has 1 aliphatic carbocycles. The molecule has 1 saturated heterocycles. The van der Waals surface area contributed by atoms with Gasteiger partial charge in [0.05, 0.1) is 5.91 Å². The molecule has 0 atom stereocenters. The Balaban J connectivity index is 0.000000216. The Labute approximate surface area is 167 Å². The molecule has 0 spiro atoms. The molecule has 0 radical (unpaired) electrons. The van der Waals surface area contributed by atoms with Gasteiger partial charge in [0.15, 0.2) is 0 Å². The number of nitrogens with one attached hydrogen (secondary N) is 1. The molecule has 0 bridgehead atoms. The van der Waals surface area contributed by atoms with E-state index in [4.69, 9.17) is 0 Å². The zero-order valence-electron chi connectivity index (χ0n) is 12.4. The molecule has 2 amide bonds. The zero-order valence-corrected chi connectivity index (χ0v) is 15.5. The third-order valence-corrected chi connectivity index (χ3v) is 3.13. The number of aryl methyl sites for hydroxylation is 1. The summed E-state index contributed by atoms with van der Waals surface area (Å²) in [4.78, 5) is 31.1. The van der Waals surface area contributed by atoms with Gasteiger partial charge in [0.2, 0.25) is 5.91 Å². The van der Waals surface area contributed by atoms with Crippen molar-refractivity contribution in [2.24, 2.45) is 0 Å².